The molecule has 2 aromatic carbocycles. The van der Waals surface area contributed by atoms with Crippen LogP contribution in [0.2, 0.25) is 0 Å². The second-order valence-electron chi connectivity index (χ2n) is 6.51. The molecule has 0 aliphatic carbocycles. The van der Waals surface area contributed by atoms with Crippen LogP contribution in [0.5, 0.6) is 5.75 Å². The van der Waals surface area contributed by atoms with Crippen molar-refractivity contribution in [1.29, 1.82) is 0 Å². The molecule has 1 aliphatic heterocycles. The SMILES string of the molecule is Cc1ccc(N)cc1C(=O)N1CCC(Oc2ccc(C(=O)O)cc2)CC1. The lowest BCUT2D eigenvalue weighted by Crippen LogP contribution is -2.42. The molecule has 6 nitrogen and oxygen atoms in total. The quantitative estimate of drug-likeness (QED) is 0.824. The number of rotatable bonds is 4. The first kappa shape index (κ1) is 17.8. The van der Waals surface area contributed by atoms with E-state index in [2.05, 4.69) is 0 Å². The third-order valence-corrected chi connectivity index (χ3v) is 4.63. The molecule has 26 heavy (non-hydrogen) atoms. The van der Waals surface area contributed by atoms with Gasteiger partial charge in [0, 0.05) is 37.2 Å². The number of hydrogen-bond acceptors (Lipinski definition) is 4. The number of nitrogens with two attached hydrogens (primary N) is 1. The number of anilines is 1. The van der Waals surface area contributed by atoms with Crippen LogP contribution >= 0.6 is 0 Å². The standard InChI is InChI=1S/C20H22N2O4/c1-13-2-5-15(21)12-18(13)19(23)22-10-8-17(9-11-22)26-16-6-3-14(4-7-16)20(24)25/h2-7,12,17H,8-11,21H2,1H3,(H,24,25). The number of nitrogens with zero attached hydrogens (tertiary/aromatic N) is 1. The fourth-order valence-electron chi connectivity index (χ4n) is 3.09. The van der Waals surface area contributed by atoms with Gasteiger partial charge in [0.25, 0.3) is 5.91 Å². The molecule has 1 aliphatic rings. The van der Waals surface area contributed by atoms with E-state index in [0.717, 1.165) is 18.4 Å². The number of carboxylic acid groups (broad SMARTS) is 1. The number of benzene rings is 2. The summed E-state index contributed by atoms with van der Waals surface area (Å²) in [6.45, 7) is 3.14. The van der Waals surface area contributed by atoms with E-state index >= 15 is 0 Å². The summed E-state index contributed by atoms with van der Waals surface area (Å²) in [5, 5.41) is 8.92. The Balaban J connectivity index is 1.57. The van der Waals surface area contributed by atoms with Crippen molar-refractivity contribution in [1.82, 2.24) is 4.90 Å². The van der Waals surface area contributed by atoms with Crippen LogP contribution in [0.4, 0.5) is 5.69 Å². The largest absolute Gasteiger partial charge is 0.490 e. The Morgan fingerprint density at radius 2 is 1.77 bits per heavy atom. The molecular weight excluding hydrogens is 332 g/mol. The van der Waals surface area contributed by atoms with Gasteiger partial charge in [0.05, 0.1) is 5.56 Å². The lowest BCUT2D eigenvalue weighted by molar-refractivity contribution is 0.0595. The molecule has 0 aromatic heterocycles. The molecule has 1 heterocycles. The Labute approximate surface area is 152 Å². The van der Waals surface area contributed by atoms with Gasteiger partial charge in [-0.25, -0.2) is 4.79 Å². The van der Waals surface area contributed by atoms with Gasteiger partial charge in [-0.15, -0.1) is 0 Å². The molecule has 3 rings (SSSR count). The van der Waals surface area contributed by atoms with Gasteiger partial charge in [0.15, 0.2) is 0 Å². The zero-order valence-electron chi connectivity index (χ0n) is 14.6. The number of hydrogen-bond donors (Lipinski definition) is 2. The summed E-state index contributed by atoms with van der Waals surface area (Å²) in [5.41, 5.74) is 8.19. The van der Waals surface area contributed by atoms with E-state index in [1.807, 2.05) is 17.9 Å². The van der Waals surface area contributed by atoms with Gasteiger partial charge < -0.3 is 20.5 Å². The fraction of sp³-hybridized carbons (Fsp3) is 0.300. The van der Waals surface area contributed by atoms with Crippen LogP contribution in [0, 0.1) is 6.92 Å². The topological polar surface area (TPSA) is 92.9 Å². The molecule has 0 atom stereocenters. The molecule has 0 spiro atoms. The van der Waals surface area contributed by atoms with E-state index in [4.69, 9.17) is 15.6 Å². The summed E-state index contributed by atoms with van der Waals surface area (Å²) in [6, 6.07) is 11.8. The Bertz CT molecular complexity index is 809. The summed E-state index contributed by atoms with van der Waals surface area (Å²) < 4.78 is 5.92. The van der Waals surface area contributed by atoms with Crippen molar-refractivity contribution >= 4 is 17.6 Å². The van der Waals surface area contributed by atoms with Gasteiger partial charge in [-0.2, -0.15) is 0 Å². The van der Waals surface area contributed by atoms with Gasteiger partial charge in [-0.3, -0.25) is 4.79 Å². The smallest absolute Gasteiger partial charge is 0.335 e. The van der Waals surface area contributed by atoms with E-state index in [-0.39, 0.29) is 17.6 Å². The number of piperidine rings is 1. The summed E-state index contributed by atoms with van der Waals surface area (Å²) in [4.78, 5) is 25.4. The molecule has 0 radical (unpaired) electrons. The lowest BCUT2D eigenvalue weighted by atomic mass is 10.0. The van der Waals surface area contributed by atoms with Crippen molar-refractivity contribution in [2.24, 2.45) is 0 Å². The highest BCUT2D eigenvalue weighted by molar-refractivity contribution is 5.96. The number of aryl methyl sites for hydroxylation is 1. The van der Waals surface area contributed by atoms with E-state index in [1.165, 1.54) is 12.1 Å². The predicted molar refractivity (Wildman–Crippen MR) is 98.5 cm³/mol. The van der Waals surface area contributed by atoms with Gasteiger partial charge in [0.2, 0.25) is 0 Å². The van der Waals surface area contributed by atoms with E-state index in [9.17, 15) is 9.59 Å². The Morgan fingerprint density at radius 3 is 2.38 bits per heavy atom. The third kappa shape index (κ3) is 3.96. The molecule has 0 unspecified atom stereocenters. The number of aromatic carboxylic acids is 1. The van der Waals surface area contributed by atoms with Crippen LogP contribution in [0.3, 0.4) is 0 Å². The van der Waals surface area contributed by atoms with Gasteiger partial charge in [0.1, 0.15) is 11.9 Å². The van der Waals surface area contributed by atoms with Crippen LogP contribution in [-0.2, 0) is 0 Å². The van der Waals surface area contributed by atoms with Gasteiger partial charge in [-0.05, 0) is 48.9 Å². The number of nitrogen functional groups attached to an aromatic ring is 1. The number of amides is 1. The Hall–Kier alpha value is -3.02. The first-order valence-electron chi connectivity index (χ1n) is 8.59. The minimum atomic E-state index is -0.958. The molecular formula is C20H22N2O4. The van der Waals surface area contributed by atoms with E-state index < -0.39 is 5.97 Å². The van der Waals surface area contributed by atoms with Crippen molar-refractivity contribution in [2.75, 3.05) is 18.8 Å². The summed E-state index contributed by atoms with van der Waals surface area (Å²) in [7, 11) is 0. The van der Waals surface area contributed by atoms with Crippen LogP contribution < -0.4 is 10.5 Å². The first-order chi connectivity index (χ1) is 12.4. The summed E-state index contributed by atoms with van der Waals surface area (Å²) in [5.74, 6) is -0.314. The minimum Gasteiger partial charge on any atom is -0.490 e. The highest BCUT2D eigenvalue weighted by atomic mass is 16.5. The van der Waals surface area contributed by atoms with Crippen molar-refractivity contribution in [3.63, 3.8) is 0 Å². The van der Waals surface area contributed by atoms with Crippen molar-refractivity contribution < 1.29 is 19.4 Å². The number of carbonyl (C=O) groups excluding carboxylic acids is 1. The molecule has 1 amide bonds. The average molecular weight is 354 g/mol. The van der Waals surface area contributed by atoms with E-state index in [1.54, 1.807) is 24.3 Å². The fourth-order valence-corrected chi connectivity index (χ4v) is 3.09. The van der Waals surface area contributed by atoms with Crippen LogP contribution in [0.1, 0.15) is 39.1 Å². The number of carboxylic acids is 1. The molecule has 6 heteroatoms. The zero-order chi connectivity index (χ0) is 18.7. The normalized spacial score (nSPS) is 14.9. The average Bonchev–Trinajstić information content (AvgIpc) is 2.64. The number of likely N-dealkylation sites (tertiary alicyclic amines) is 1. The van der Waals surface area contributed by atoms with Crippen LogP contribution in [-0.4, -0.2) is 41.1 Å². The zero-order valence-corrected chi connectivity index (χ0v) is 14.6. The predicted octanol–water partition coefficient (Wildman–Crippen LogP) is 2.96. The van der Waals surface area contributed by atoms with E-state index in [0.29, 0.717) is 30.1 Å². The maximum atomic E-state index is 12.7. The second-order valence-corrected chi connectivity index (χ2v) is 6.51. The molecule has 136 valence electrons. The van der Waals surface area contributed by atoms with Crippen molar-refractivity contribution in [2.45, 2.75) is 25.9 Å². The lowest BCUT2D eigenvalue weighted by Gasteiger charge is -2.32. The molecule has 1 saturated heterocycles. The summed E-state index contributed by atoms with van der Waals surface area (Å²) in [6.07, 6.45) is 1.47. The highest BCUT2D eigenvalue weighted by Crippen LogP contribution is 2.22. The van der Waals surface area contributed by atoms with Crippen LogP contribution in [0.25, 0.3) is 0 Å². The van der Waals surface area contributed by atoms with Crippen molar-refractivity contribution in [3.8, 4) is 5.75 Å². The van der Waals surface area contributed by atoms with Crippen molar-refractivity contribution in [3.05, 3.63) is 59.2 Å². The Morgan fingerprint density at radius 1 is 1.12 bits per heavy atom. The molecule has 2 aromatic rings. The first-order valence-corrected chi connectivity index (χ1v) is 8.59. The second kappa shape index (κ2) is 7.47. The Kier molecular flexibility index (Phi) is 5.11. The monoisotopic (exact) mass is 354 g/mol. The summed E-state index contributed by atoms with van der Waals surface area (Å²) >= 11 is 0. The third-order valence-electron chi connectivity index (χ3n) is 4.63. The molecule has 0 saturated carbocycles. The number of ether oxygens (including phenoxy) is 1. The highest BCUT2D eigenvalue weighted by Gasteiger charge is 2.25. The number of carbonyl (C=O) groups is 2. The molecule has 3 N–H and O–H groups in total. The maximum Gasteiger partial charge on any atom is 0.335 e. The molecule has 1 fully saturated rings. The minimum absolute atomic E-state index is 0.000869. The van der Waals surface area contributed by atoms with Gasteiger partial charge >= 0.3 is 5.97 Å². The van der Waals surface area contributed by atoms with Crippen LogP contribution in [0.15, 0.2) is 42.5 Å². The van der Waals surface area contributed by atoms with Gasteiger partial charge in [-0.1, -0.05) is 6.07 Å². The molecule has 0 bridgehead atoms. The maximum absolute atomic E-state index is 12.7.